The van der Waals surface area contributed by atoms with Crippen LogP contribution in [-0.4, -0.2) is 21.8 Å². The fourth-order valence-electron chi connectivity index (χ4n) is 3.59. The molecule has 2 aromatic heterocycles. The van der Waals surface area contributed by atoms with Gasteiger partial charge in [-0.15, -0.1) is 11.3 Å². The van der Waals surface area contributed by atoms with Crippen molar-refractivity contribution in [3.63, 3.8) is 0 Å². The number of Topliss-reactive ketones (excluding diaryl/α,β-unsaturated/α-hetero) is 1. The maximum absolute atomic E-state index is 13.2. The van der Waals surface area contributed by atoms with Crippen molar-refractivity contribution in [3.05, 3.63) is 93.1 Å². The lowest BCUT2D eigenvalue weighted by Gasteiger charge is -2.27. The van der Waals surface area contributed by atoms with Gasteiger partial charge in [-0.05, 0) is 66.2 Å². The lowest BCUT2D eigenvalue weighted by molar-refractivity contribution is -0.117. The summed E-state index contributed by atoms with van der Waals surface area (Å²) in [7, 11) is 0. The number of aliphatic hydroxyl groups excluding tert-OH is 1. The van der Waals surface area contributed by atoms with Crippen LogP contribution in [0, 0.1) is 13.8 Å². The van der Waals surface area contributed by atoms with Crippen molar-refractivity contribution < 1.29 is 14.7 Å². The Morgan fingerprint density at radius 3 is 2.39 bits per heavy atom. The van der Waals surface area contributed by atoms with E-state index in [9.17, 15) is 14.7 Å². The molecular weight excluding hydrogens is 372 g/mol. The number of aliphatic hydroxyl groups is 1. The van der Waals surface area contributed by atoms with Crippen molar-refractivity contribution in [3.8, 4) is 0 Å². The number of ketones is 1. The molecule has 6 heteroatoms. The number of nitrogens with zero attached hydrogens (tertiary/aromatic N) is 2. The molecule has 0 saturated heterocycles. The molecule has 0 saturated carbocycles. The van der Waals surface area contributed by atoms with Crippen LogP contribution in [0.5, 0.6) is 0 Å². The fourth-order valence-corrected chi connectivity index (χ4v) is 4.27. The third-order valence-corrected chi connectivity index (χ3v) is 5.57. The molecule has 0 aliphatic carbocycles. The standard InChI is InChI=1S/C22H18N2O3S/c1-13-10-14(2)12-16(11-13)24-19(15-5-7-23-8-6-15)18(21(26)22(24)27)20(25)17-4-3-9-28-17/h3-12,19,26H,1-2H3. The Balaban J connectivity index is 1.90. The molecule has 4 rings (SSSR count). The lowest BCUT2D eigenvalue weighted by atomic mass is 9.95. The third-order valence-electron chi connectivity index (χ3n) is 4.70. The molecule has 3 heterocycles. The van der Waals surface area contributed by atoms with Gasteiger partial charge in [-0.25, -0.2) is 0 Å². The van der Waals surface area contributed by atoms with Crippen molar-refractivity contribution in [1.29, 1.82) is 0 Å². The SMILES string of the molecule is Cc1cc(C)cc(N2C(=O)C(O)=C(C(=O)c3cccs3)C2c2ccncc2)c1. The predicted molar refractivity (Wildman–Crippen MR) is 109 cm³/mol. The van der Waals surface area contributed by atoms with Gasteiger partial charge in [-0.1, -0.05) is 12.1 Å². The number of hydrogen-bond donors (Lipinski definition) is 1. The number of rotatable bonds is 4. The van der Waals surface area contributed by atoms with E-state index >= 15 is 0 Å². The van der Waals surface area contributed by atoms with E-state index in [2.05, 4.69) is 4.98 Å². The highest BCUT2D eigenvalue weighted by atomic mass is 32.1. The second-order valence-electron chi connectivity index (χ2n) is 6.77. The van der Waals surface area contributed by atoms with Crippen LogP contribution in [0.3, 0.4) is 0 Å². The molecule has 0 radical (unpaired) electrons. The summed E-state index contributed by atoms with van der Waals surface area (Å²) in [5.41, 5.74) is 3.44. The second kappa shape index (κ2) is 7.05. The Morgan fingerprint density at radius 2 is 1.79 bits per heavy atom. The average Bonchev–Trinajstić information content (AvgIpc) is 3.29. The van der Waals surface area contributed by atoms with Gasteiger partial charge in [-0.2, -0.15) is 0 Å². The lowest BCUT2D eigenvalue weighted by Crippen LogP contribution is -2.31. The van der Waals surface area contributed by atoms with Gasteiger partial charge in [0.2, 0.25) is 5.78 Å². The zero-order valence-corrected chi connectivity index (χ0v) is 16.2. The molecule has 1 aromatic carbocycles. The number of thiophene rings is 1. The van der Waals surface area contributed by atoms with Crippen LogP contribution in [0.15, 0.2) is 71.6 Å². The van der Waals surface area contributed by atoms with Crippen LogP contribution >= 0.6 is 11.3 Å². The first-order valence-electron chi connectivity index (χ1n) is 8.80. The smallest absolute Gasteiger partial charge is 0.294 e. The first kappa shape index (κ1) is 18.1. The minimum absolute atomic E-state index is 0.0952. The number of amides is 1. The molecular formula is C22H18N2O3S. The summed E-state index contributed by atoms with van der Waals surface area (Å²) in [4.78, 5) is 32.2. The molecule has 3 aromatic rings. The molecule has 1 amide bonds. The highest BCUT2D eigenvalue weighted by Crippen LogP contribution is 2.42. The molecule has 1 aliphatic heterocycles. The monoisotopic (exact) mass is 390 g/mol. The maximum Gasteiger partial charge on any atom is 0.294 e. The van der Waals surface area contributed by atoms with Crippen LogP contribution in [0.4, 0.5) is 5.69 Å². The normalized spacial score (nSPS) is 16.7. The number of benzene rings is 1. The zero-order valence-electron chi connectivity index (χ0n) is 15.4. The van der Waals surface area contributed by atoms with Crippen molar-refractivity contribution in [1.82, 2.24) is 4.98 Å². The van der Waals surface area contributed by atoms with E-state index in [-0.39, 0.29) is 11.4 Å². The molecule has 1 aliphatic rings. The molecule has 5 nitrogen and oxygen atoms in total. The molecule has 0 bridgehead atoms. The van der Waals surface area contributed by atoms with E-state index in [1.807, 2.05) is 32.0 Å². The molecule has 28 heavy (non-hydrogen) atoms. The number of carbonyl (C=O) groups excluding carboxylic acids is 2. The molecule has 1 unspecified atom stereocenters. The zero-order chi connectivity index (χ0) is 19.8. The van der Waals surface area contributed by atoms with Crippen molar-refractivity contribution in [2.75, 3.05) is 4.90 Å². The minimum atomic E-state index is -0.716. The van der Waals surface area contributed by atoms with Crippen LogP contribution in [-0.2, 0) is 4.79 Å². The summed E-state index contributed by atoms with van der Waals surface area (Å²) in [6, 6.07) is 12.0. The Morgan fingerprint density at radius 1 is 1.11 bits per heavy atom. The highest BCUT2D eigenvalue weighted by molar-refractivity contribution is 7.12. The van der Waals surface area contributed by atoms with Gasteiger partial charge >= 0.3 is 0 Å². The summed E-state index contributed by atoms with van der Waals surface area (Å²) >= 11 is 1.28. The topological polar surface area (TPSA) is 70.5 Å². The summed E-state index contributed by atoms with van der Waals surface area (Å²) < 4.78 is 0. The predicted octanol–water partition coefficient (Wildman–Crippen LogP) is 4.54. The largest absolute Gasteiger partial charge is 0.503 e. The molecule has 0 spiro atoms. The number of anilines is 1. The van der Waals surface area contributed by atoms with Crippen LogP contribution in [0.2, 0.25) is 0 Å². The Labute approximate surface area is 166 Å². The number of hydrogen-bond acceptors (Lipinski definition) is 5. The Kier molecular flexibility index (Phi) is 4.57. The summed E-state index contributed by atoms with van der Waals surface area (Å²) in [5.74, 6) is -1.42. The van der Waals surface area contributed by atoms with Crippen LogP contribution in [0.25, 0.3) is 0 Å². The van der Waals surface area contributed by atoms with E-state index < -0.39 is 17.7 Å². The summed E-state index contributed by atoms with van der Waals surface area (Å²) in [6.07, 6.45) is 3.23. The first-order chi connectivity index (χ1) is 13.5. The van der Waals surface area contributed by atoms with Gasteiger partial charge in [0.15, 0.2) is 5.76 Å². The van der Waals surface area contributed by atoms with Gasteiger partial charge in [0.05, 0.1) is 16.5 Å². The van der Waals surface area contributed by atoms with E-state index in [4.69, 9.17) is 0 Å². The second-order valence-corrected chi connectivity index (χ2v) is 7.72. The number of pyridine rings is 1. The Bertz CT molecular complexity index is 1070. The molecule has 0 fully saturated rings. The van der Waals surface area contributed by atoms with E-state index in [1.54, 1.807) is 42.0 Å². The highest BCUT2D eigenvalue weighted by Gasteiger charge is 2.44. The minimum Gasteiger partial charge on any atom is -0.503 e. The van der Waals surface area contributed by atoms with Crippen LogP contribution in [0.1, 0.15) is 32.4 Å². The maximum atomic E-state index is 13.2. The first-order valence-corrected chi connectivity index (χ1v) is 9.68. The van der Waals surface area contributed by atoms with Crippen molar-refractivity contribution in [2.24, 2.45) is 0 Å². The van der Waals surface area contributed by atoms with Crippen molar-refractivity contribution in [2.45, 2.75) is 19.9 Å². The quantitative estimate of drug-likeness (QED) is 0.664. The molecule has 1 atom stereocenters. The van der Waals surface area contributed by atoms with E-state index in [0.717, 1.165) is 11.1 Å². The van der Waals surface area contributed by atoms with Gasteiger partial charge < -0.3 is 5.11 Å². The fraction of sp³-hybridized carbons (Fsp3) is 0.136. The molecule has 1 N–H and O–H groups in total. The van der Waals surface area contributed by atoms with Gasteiger partial charge in [0, 0.05) is 18.1 Å². The summed E-state index contributed by atoms with van der Waals surface area (Å²) in [6.45, 7) is 3.90. The number of aryl methyl sites for hydroxylation is 2. The van der Waals surface area contributed by atoms with Gasteiger partial charge in [0.25, 0.3) is 5.91 Å². The van der Waals surface area contributed by atoms with Crippen LogP contribution < -0.4 is 4.90 Å². The van der Waals surface area contributed by atoms with Gasteiger partial charge in [0.1, 0.15) is 0 Å². The van der Waals surface area contributed by atoms with E-state index in [1.165, 1.54) is 16.2 Å². The van der Waals surface area contributed by atoms with Gasteiger partial charge in [-0.3, -0.25) is 19.5 Å². The third kappa shape index (κ3) is 3.01. The molecule has 140 valence electrons. The van der Waals surface area contributed by atoms with Crippen molar-refractivity contribution >= 4 is 28.7 Å². The number of carbonyl (C=O) groups is 2. The van der Waals surface area contributed by atoms with E-state index in [0.29, 0.717) is 16.1 Å². The number of aromatic nitrogens is 1. The Hall–Kier alpha value is -3.25. The average molecular weight is 390 g/mol. The summed E-state index contributed by atoms with van der Waals surface area (Å²) in [5, 5.41) is 12.5.